The van der Waals surface area contributed by atoms with Crippen molar-refractivity contribution in [2.75, 3.05) is 6.54 Å². The van der Waals surface area contributed by atoms with Gasteiger partial charge in [0, 0.05) is 30.2 Å². The summed E-state index contributed by atoms with van der Waals surface area (Å²) in [6, 6.07) is 0.542. The van der Waals surface area contributed by atoms with Gasteiger partial charge in [-0.15, -0.1) is 0 Å². The summed E-state index contributed by atoms with van der Waals surface area (Å²) in [5.41, 5.74) is 10.3. The number of rotatable bonds is 0. The largest absolute Gasteiger partial charge is 0.339 e. The average molecular weight is 256 g/mol. The van der Waals surface area contributed by atoms with E-state index in [1.165, 1.54) is 44.4 Å². The van der Waals surface area contributed by atoms with Gasteiger partial charge in [0.25, 0.3) is 0 Å². The van der Waals surface area contributed by atoms with Crippen molar-refractivity contribution in [1.29, 1.82) is 0 Å². The van der Waals surface area contributed by atoms with Gasteiger partial charge in [-0.1, -0.05) is 0 Å². The first-order valence-electron chi connectivity index (χ1n) is 7.25. The molecule has 1 aromatic heterocycles. The summed E-state index contributed by atoms with van der Waals surface area (Å²) < 4.78 is 2.58. The average Bonchev–Trinajstić information content (AvgIpc) is 2.69. The van der Waals surface area contributed by atoms with Crippen molar-refractivity contribution < 1.29 is 0 Å². The van der Waals surface area contributed by atoms with Crippen molar-refractivity contribution in [2.24, 2.45) is 0 Å². The first-order valence-corrected chi connectivity index (χ1v) is 7.25. The first kappa shape index (κ1) is 12.7. The summed E-state index contributed by atoms with van der Waals surface area (Å²) in [6.45, 7) is 15.8. The van der Waals surface area contributed by atoms with Gasteiger partial charge in [-0.25, -0.2) is 0 Å². The lowest BCUT2D eigenvalue weighted by molar-refractivity contribution is 0.437. The molecule has 2 heterocycles. The maximum atomic E-state index is 3.54. The number of aromatic nitrogens is 1. The lowest BCUT2D eigenvalue weighted by Gasteiger charge is -2.26. The Balaban J connectivity index is 2.55. The molecule has 1 aliphatic rings. The SMILES string of the molecule is Cc1c(C)c(C)c2c(c1C)c(C)c1n2[C@@H](C)CNC1. The van der Waals surface area contributed by atoms with E-state index in [-0.39, 0.29) is 0 Å². The van der Waals surface area contributed by atoms with Gasteiger partial charge in [0.15, 0.2) is 0 Å². The van der Waals surface area contributed by atoms with Crippen LogP contribution in [0.5, 0.6) is 0 Å². The molecule has 102 valence electrons. The molecule has 0 aliphatic carbocycles. The smallest absolute Gasteiger partial charge is 0.0523 e. The minimum atomic E-state index is 0.542. The van der Waals surface area contributed by atoms with Gasteiger partial charge in [-0.3, -0.25) is 0 Å². The second-order valence-electron chi connectivity index (χ2n) is 6.15. The van der Waals surface area contributed by atoms with Gasteiger partial charge in [0.1, 0.15) is 0 Å². The highest BCUT2D eigenvalue weighted by Gasteiger charge is 2.25. The lowest BCUT2D eigenvalue weighted by Crippen LogP contribution is -2.31. The zero-order valence-electron chi connectivity index (χ0n) is 12.9. The van der Waals surface area contributed by atoms with Crippen molar-refractivity contribution in [3.8, 4) is 0 Å². The van der Waals surface area contributed by atoms with Crippen LogP contribution in [-0.2, 0) is 6.54 Å². The Kier molecular flexibility index (Phi) is 2.75. The van der Waals surface area contributed by atoms with E-state index in [9.17, 15) is 0 Å². The maximum absolute atomic E-state index is 3.54. The minimum absolute atomic E-state index is 0.542. The fourth-order valence-corrected chi connectivity index (χ4v) is 3.71. The lowest BCUT2D eigenvalue weighted by atomic mass is 9.94. The summed E-state index contributed by atoms with van der Waals surface area (Å²) in [7, 11) is 0. The van der Waals surface area contributed by atoms with E-state index in [2.05, 4.69) is 51.4 Å². The molecule has 1 aliphatic heterocycles. The van der Waals surface area contributed by atoms with Crippen LogP contribution < -0.4 is 5.32 Å². The highest BCUT2D eigenvalue weighted by atomic mass is 15.1. The number of fused-ring (bicyclic) bond motifs is 3. The molecule has 0 amide bonds. The molecular weight excluding hydrogens is 232 g/mol. The molecule has 3 rings (SSSR count). The third kappa shape index (κ3) is 1.53. The standard InChI is InChI=1S/C17H24N2/c1-9-7-18-8-15-14(6)16-12(4)10(2)11(3)13(5)17(16)19(9)15/h9,18H,7-8H2,1-6H3/t9-/m0/s1. The summed E-state index contributed by atoms with van der Waals surface area (Å²) >= 11 is 0. The minimum Gasteiger partial charge on any atom is -0.339 e. The van der Waals surface area contributed by atoms with Crippen LogP contribution in [0.4, 0.5) is 0 Å². The Hall–Kier alpha value is -1.28. The van der Waals surface area contributed by atoms with Gasteiger partial charge >= 0.3 is 0 Å². The van der Waals surface area contributed by atoms with Gasteiger partial charge in [0.2, 0.25) is 0 Å². The van der Waals surface area contributed by atoms with Crippen LogP contribution in [0.3, 0.4) is 0 Å². The summed E-state index contributed by atoms with van der Waals surface area (Å²) in [4.78, 5) is 0. The van der Waals surface area contributed by atoms with Gasteiger partial charge in [0.05, 0.1) is 5.52 Å². The van der Waals surface area contributed by atoms with Crippen molar-refractivity contribution in [1.82, 2.24) is 9.88 Å². The Labute approximate surface area is 115 Å². The third-order valence-electron chi connectivity index (χ3n) is 5.17. The molecule has 1 aromatic carbocycles. The van der Waals surface area contributed by atoms with Gasteiger partial charge in [-0.05, 0) is 69.4 Å². The monoisotopic (exact) mass is 256 g/mol. The van der Waals surface area contributed by atoms with Crippen molar-refractivity contribution in [3.05, 3.63) is 33.5 Å². The molecule has 1 atom stereocenters. The zero-order chi connectivity index (χ0) is 13.9. The van der Waals surface area contributed by atoms with E-state index in [0.717, 1.165) is 13.1 Å². The second-order valence-corrected chi connectivity index (χ2v) is 6.15. The summed E-state index contributed by atoms with van der Waals surface area (Å²) in [5, 5.41) is 5.03. The van der Waals surface area contributed by atoms with E-state index < -0.39 is 0 Å². The Morgan fingerprint density at radius 1 is 0.895 bits per heavy atom. The number of benzene rings is 1. The number of aryl methyl sites for hydroxylation is 3. The molecule has 2 heteroatoms. The molecule has 0 saturated carbocycles. The predicted octanol–water partition coefficient (Wildman–Crippen LogP) is 3.85. The van der Waals surface area contributed by atoms with Crippen molar-refractivity contribution >= 4 is 10.9 Å². The van der Waals surface area contributed by atoms with E-state index in [1.54, 1.807) is 0 Å². The highest BCUT2D eigenvalue weighted by molar-refractivity contribution is 5.93. The van der Waals surface area contributed by atoms with E-state index >= 15 is 0 Å². The summed E-state index contributed by atoms with van der Waals surface area (Å²) in [6.07, 6.45) is 0. The van der Waals surface area contributed by atoms with Crippen LogP contribution >= 0.6 is 0 Å². The Bertz CT molecular complexity index is 677. The second kappa shape index (κ2) is 4.11. The molecule has 19 heavy (non-hydrogen) atoms. The molecule has 2 aromatic rings. The van der Waals surface area contributed by atoms with Crippen LogP contribution in [0, 0.1) is 34.6 Å². The molecule has 0 unspecified atom stereocenters. The highest BCUT2D eigenvalue weighted by Crippen LogP contribution is 2.37. The van der Waals surface area contributed by atoms with Crippen LogP contribution in [0.15, 0.2) is 0 Å². The van der Waals surface area contributed by atoms with Crippen LogP contribution in [0.2, 0.25) is 0 Å². The number of hydrogen-bond acceptors (Lipinski definition) is 1. The van der Waals surface area contributed by atoms with Crippen LogP contribution in [0.1, 0.15) is 46.5 Å². The first-order chi connectivity index (χ1) is 8.95. The molecule has 0 spiro atoms. The molecule has 0 fully saturated rings. The Morgan fingerprint density at radius 2 is 1.53 bits per heavy atom. The van der Waals surface area contributed by atoms with Gasteiger partial charge in [-0.2, -0.15) is 0 Å². The normalized spacial score (nSPS) is 18.9. The predicted molar refractivity (Wildman–Crippen MR) is 82.0 cm³/mol. The zero-order valence-corrected chi connectivity index (χ0v) is 12.9. The Morgan fingerprint density at radius 3 is 2.21 bits per heavy atom. The van der Waals surface area contributed by atoms with Crippen LogP contribution in [0.25, 0.3) is 10.9 Å². The molecule has 0 bridgehead atoms. The third-order valence-corrected chi connectivity index (χ3v) is 5.17. The molecular formula is C17H24N2. The van der Waals surface area contributed by atoms with E-state index in [1.807, 2.05) is 0 Å². The summed E-state index contributed by atoms with van der Waals surface area (Å²) in [5.74, 6) is 0. The fourth-order valence-electron chi connectivity index (χ4n) is 3.71. The number of nitrogens with one attached hydrogen (secondary N) is 1. The molecule has 1 N–H and O–H groups in total. The maximum Gasteiger partial charge on any atom is 0.0523 e. The molecule has 2 nitrogen and oxygen atoms in total. The van der Waals surface area contributed by atoms with E-state index in [4.69, 9.17) is 0 Å². The fraction of sp³-hybridized carbons (Fsp3) is 0.529. The van der Waals surface area contributed by atoms with Crippen molar-refractivity contribution in [3.63, 3.8) is 0 Å². The topological polar surface area (TPSA) is 17.0 Å². The van der Waals surface area contributed by atoms with E-state index in [0.29, 0.717) is 6.04 Å². The molecule has 0 radical (unpaired) electrons. The number of hydrogen-bond donors (Lipinski definition) is 1. The van der Waals surface area contributed by atoms with Crippen molar-refractivity contribution in [2.45, 2.75) is 54.1 Å². The van der Waals surface area contributed by atoms with Gasteiger partial charge < -0.3 is 9.88 Å². The molecule has 0 saturated heterocycles. The van der Waals surface area contributed by atoms with Crippen LogP contribution in [-0.4, -0.2) is 11.1 Å². The number of nitrogens with zero attached hydrogens (tertiary/aromatic N) is 1. The quantitative estimate of drug-likeness (QED) is 0.757.